The van der Waals surface area contributed by atoms with Crippen LogP contribution in [0.1, 0.15) is 0 Å². The van der Waals surface area contributed by atoms with E-state index in [0.717, 1.165) is 0 Å². The fraction of sp³-hybridized carbons (Fsp3) is 0.333. The van der Waals surface area contributed by atoms with Crippen LogP contribution in [0.15, 0.2) is 17.0 Å². The lowest BCUT2D eigenvalue weighted by atomic mass is 11.0. The molecule has 0 amide bonds. The van der Waals surface area contributed by atoms with Gasteiger partial charge < -0.3 is 4.52 Å². The molecule has 0 unspecified atom stereocenters. The Balaban J connectivity index is 0.000000162. The fourth-order valence-electron chi connectivity index (χ4n) is 0.136. The summed E-state index contributed by atoms with van der Waals surface area (Å²) >= 11 is 0. The van der Waals surface area contributed by atoms with E-state index >= 15 is 0 Å². The molecule has 1 aromatic rings. The molecule has 1 heterocycles. The van der Waals surface area contributed by atoms with Crippen LogP contribution in [-0.4, -0.2) is 29.6 Å². The number of hydrogen-bond acceptors (Lipinski definition) is 5. The third-order valence-corrected chi connectivity index (χ3v) is 0.283. The molecule has 7 heteroatoms. The summed E-state index contributed by atoms with van der Waals surface area (Å²) in [5, 5.41) is 6.40. The Morgan fingerprint density at radius 3 is 2.20 bits per heavy atom. The van der Waals surface area contributed by atoms with Gasteiger partial charge in [0.1, 0.15) is 6.26 Å². The molecular formula is C3H6N2O4S. The molecule has 0 saturated heterocycles. The minimum atomic E-state index is -3.67. The van der Waals surface area contributed by atoms with Crippen molar-refractivity contribution in [2.75, 3.05) is 6.26 Å². The largest absolute Gasteiger partial charge is 0.346 e. The summed E-state index contributed by atoms with van der Waals surface area (Å²) in [5.41, 5.74) is 0. The van der Waals surface area contributed by atoms with Crippen molar-refractivity contribution >= 4 is 10.1 Å². The average Bonchev–Trinajstić information content (AvgIpc) is 2.07. The first-order valence-corrected chi connectivity index (χ1v) is 3.98. The molecule has 6 nitrogen and oxygen atoms in total. The molecule has 0 aliphatic heterocycles. The zero-order valence-corrected chi connectivity index (χ0v) is 5.95. The van der Waals surface area contributed by atoms with Crippen molar-refractivity contribution in [3.05, 3.63) is 12.5 Å². The molecule has 0 atom stereocenters. The number of hydrogen-bond donors (Lipinski definition) is 1. The lowest BCUT2D eigenvalue weighted by Gasteiger charge is -1.69. The van der Waals surface area contributed by atoms with Crippen LogP contribution in [0.2, 0.25) is 0 Å². The van der Waals surface area contributed by atoms with E-state index in [-0.39, 0.29) is 0 Å². The Labute approximate surface area is 57.6 Å². The van der Waals surface area contributed by atoms with Crippen LogP contribution >= 0.6 is 0 Å². The lowest BCUT2D eigenvalue weighted by molar-refractivity contribution is 0.393. The Morgan fingerprint density at radius 1 is 1.60 bits per heavy atom. The van der Waals surface area contributed by atoms with Crippen LogP contribution in [0.3, 0.4) is 0 Å². The van der Waals surface area contributed by atoms with Gasteiger partial charge in [-0.15, -0.1) is 5.10 Å². The highest BCUT2D eigenvalue weighted by atomic mass is 32.2. The van der Waals surface area contributed by atoms with Gasteiger partial charge in [-0.3, -0.25) is 4.55 Å². The Hall–Kier alpha value is -0.950. The SMILES string of the molecule is CS(=O)(=O)O.c1conn1. The van der Waals surface area contributed by atoms with Gasteiger partial charge in [0.2, 0.25) is 0 Å². The molecule has 10 heavy (non-hydrogen) atoms. The van der Waals surface area contributed by atoms with Gasteiger partial charge in [0.05, 0.1) is 12.5 Å². The number of nitrogens with zero attached hydrogens (tertiary/aromatic N) is 2. The molecule has 0 saturated carbocycles. The standard InChI is InChI=1S/C2H2N2O.CH4O3S/c1-2-5-4-3-1;1-5(2,3)4/h1-2H;1H3,(H,2,3,4). The third kappa shape index (κ3) is 15.7. The first-order valence-electron chi connectivity index (χ1n) is 2.13. The first kappa shape index (κ1) is 9.05. The molecule has 0 aromatic carbocycles. The highest BCUT2D eigenvalue weighted by molar-refractivity contribution is 7.85. The second kappa shape index (κ2) is 3.96. The third-order valence-electron chi connectivity index (χ3n) is 0.283. The monoisotopic (exact) mass is 166 g/mol. The Bertz CT molecular complexity index is 214. The van der Waals surface area contributed by atoms with Gasteiger partial charge >= 0.3 is 0 Å². The maximum Gasteiger partial charge on any atom is 0.261 e. The molecule has 0 bridgehead atoms. The van der Waals surface area contributed by atoms with E-state index in [2.05, 4.69) is 14.9 Å². The summed E-state index contributed by atoms with van der Waals surface area (Å²) < 4.78 is 30.1. The maximum atomic E-state index is 9.19. The highest BCUT2D eigenvalue weighted by Gasteiger charge is 1.81. The van der Waals surface area contributed by atoms with Crippen molar-refractivity contribution in [1.82, 2.24) is 10.4 Å². The second-order valence-corrected chi connectivity index (χ2v) is 2.79. The molecule has 1 rings (SSSR count). The van der Waals surface area contributed by atoms with Crippen LogP contribution in [0.25, 0.3) is 0 Å². The number of aromatic nitrogens is 2. The molecule has 0 radical (unpaired) electrons. The molecule has 0 fully saturated rings. The zero-order valence-electron chi connectivity index (χ0n) is 5.13. The van der Waals surface area contributed by atoms with Crippen LogP contribution in [0.5, 0.6) is 0 Å². The van der Waals surface area contributed by atoms with Gasteiger partial charge in [-0.25, -0.2) is 0 Å². The summed E-state index contributed by atoms with van der Waals surface area (Å²) in [6.07, 6.45) is 3.59. The van der Waals surface area contributed by atoms with Gasteiger partial charge in [0.25, 0.3) is 10.1 Å². The lowest BCUT2D eigenvalue weighted by Crippen LogP contribution is -1.88. The molecule has 0 spiro atoms. The van der Waals surface area contributed by atoms with Crippen molar-refractivity contribution in [1.29, 1.82) is 0 Å². The predicted molar refractivity (Wildman–Crippen MR) is 31.8 cm³/mol. The van der Waals surface area contributed by atoms with E-state index in [9.17, 15) is 8.42 Å². The molecule has 0 aliphatic carbocycles. The topological polar surface area (TPSA) is 93.3 Å². The van der Waals surface area contributed by atoms with E-state index in [1.165, 1.54) is 12.5 Å². The van der Waals surface area contributed by atoms with Crippen molar-refractivity contribution in [2.45, 2.75) is 0 Å². The minimum absolute atomic E-state index is 0.715. The van der Waals surface area contributed by atoms with Gasteiger partial charge in [-0.1, -0.05) is 0 Å². The smallest absolute Gasteiger partial charge is 0.261 e. The van der Waals surface area contributed by atoms with E-state index < -0.39 is 10.1 Å². The zero-order chi connectivity index (χ0) is 8.04. The van der Waals surface area contributed by atoms with Crippen molar-refractivity contribution in [3.8, 4) is 0 Å². The Morgan fingerprint density at radius 2 is 2.10 bits per heavy atom. The molecule has 1 aromatic heterocycles. The van der Waals surface area contributed by atoms with Crippen LogP contribution in [0.4, 0.5) is 0 Å². The summed E-state index contributed by atoms with van der Waals surface area (Å²) in [6, 6.07) is 0. The molecule has 58 valence electrons. The minimum Gasteiger partial charge on any atom is -0.346 e. The van der Waals surface area contributed by atoms with Crippen LogP contribution in [0, 0.1) is 0 Å². The molecule has 0 aliphatic rings. The highest BCUT2D eigenvalue weighted by Crippen LogP contribution is 1.64. The summed E-state index contributed by atoms with van der Waals surface area (Å²) in [7, 11) is -3.67. The van der Waals surface area contributed by atoms with E-state index in [0.29, 0.717) is 6.26 Å². The van der Waals surface area contributed by atoms with Gasteiger partial charge in [0.15, 0.2) is 0 Å². The fourth-order valence-corrected chi connectivity index (χ4v) is 0.136. The molecular weight excluding hydrogens is 160 g/mol. The summed E-state index contributed by atoms with van der Waals surface area (Å²) in [6.45, 7) is 0. The van der Waals surface area contributed by atoms with Gasteiger partial charge in [0, 0.05) is 5.27 Å². The number of rotatable bonds is 0. The van der Waals surface area contributed by atoms with Crippen molar-refractivity contribution in [2.24, 2.45) is 0 Å². The quantitative estimate of drug-likeness (QED) is 0.526. The van der Waals surface area contributed by atoms with Crippen molar-refractivity contribution in [3.63, 3.8) is 0 Å². The molecule has 1 N–H and O–H groups in total. The second-order valence-electron chi connectivity index (χ2n) is 1.32. The van der Waals surface area contributed by atoms with Gasteiger partial charge in [-0.05, 0) is 0 Å². The van der Waals surface area contributed by atoms with E-state index in [4.69, 9.17) is 4.55 Å². The average molecular weight is 166 g/mol. The normalized spacial score (nSPS) is 9.80. The van der Waals surface area contributed by atoms with Crippen molar-refractivity contribution < 1.29 is 17.5 Å². The maximum absolute atomic E-state index is 9.19. The van der Waals surface area contributed by atoms with Crippen LogP contribution < -0.4 is 0 Å². The van der Waals surface area contributed by atoms with E-state index in [1.807, 2.05) is 0 Å². The van der Waals surface area contributed by atoms with E-state index in [1.54, 1.807) is 0 Å². The van der Waals surface area contributed by atoms with Gasteiger partial charge in [-0.2, -0.15) is 8.42 Å². The summed E-state index contributed by atoms with van der Waals surface area (Å²) in [4.78, 5) is 0. The predicted octanol–water partition coefficient (Wildman–Crippen LogP) is -0.426. The Kier molecular flexibility index (Phi) is 3.59. The summed E-state index contributed by atoms with van der Waals surface area (Å²) in [5.74, 6) is 0. The van der Waals surface area contributed by atoms with Crippen LogP contribution in [-0.2, 0) is 10.1 Å². The first-order chi connectivity index (χ1) is 4.50.